The largest absolute Gasteiger partial charge is 0.456 e. The molecule has 0 heterocycles. The molecule has 0 aliphatic rings. The number of ether oxygens (including phenoxy) is 1. The van der Waals surface area contributed by atoms with Crippen LogP contribution in [0.5, 0.6) is 11.5 Å². The topological polar surface area (TPSA) is 35.2 Å². The van der Waals surface area contributed by atoms with Crippen molar-refractivity contribution in [1.29, 1.82) is 0 Å². The van der Waals surface area contributed by atoms with Crippen molar-refractivity contribution >= 4 is 33.1 Å². The van der Waals surface area contributed by atoms with E-state index >= 15 is 0 Å². The monoisotopic (exact) mass is 335 g/mol. The SMILES string of the molecule is Cc1cccc(Oc2cc(Br)ccc2C(N)=S)c1C. The van der Waals surface area contributed by atoms with Gasteiger partial charge in [-0.2, -0.15) is 0 Å². The maximum Gasteiger partial charge on any atom is 0.138 e. The molecular weight excluding hydrogens is 322 g/mol. The fraction of sp³-hybridized carbons (Fsp3) is 0.133. The second-order valence-corrected chi connectivity index (χ2v) is 5.66. The van der Waals surface area contributed by atoms with Crippen LogP contribution < -0.4 is 10.5 Å². The Morgan fingerprint density at radius 2 is 1.89 bits per heavy atom. The van der Waals surface area contributed by atoms with Gasteiger partial charge in [-0.3, -0.25) is 0 Å². The first-order valence-corrected chi connectivity index (χ1v) is 7.02. The lowest BCUT2D eigenvalue weighted by Crippen LogP contribution is -2.10. The van der Waals surface area contributed by atoms with Crippen LogP contribution in [0.3, 0.4) is 0 Å². The van der Waals surface area contributed by atoms with Crippen LogP contribution in [0.25, 0.3) is 0 Å². The van der Waals surface area contributed by atoms with Gasteiger partial charge in [0.1, 0.15) is 16.5 Å². The van der Waals surface area contributed by atoms with Crippen molar-refractivity contribution in [3.8, 4) is 11.5 Å². The molecule has 4 heteroatoms. The van der Waals surface area contributed by atoms with Crippen molar-refractivity contribution in [3.63, 3.8) is 0 Å². The highest BCUT2D eigenvalue weighted by Gasteiger charge is 2.10. The third kappa shape index (κ3) is 3.14. The molecule has 0 aliphatic carbocycles. The Labute approximate surface area is 126 Å². The van der Waals surface area contributed by atoms with Gasteiger partial charge in [-0.05, 0) is 49.2 Å². The number of rotatable bonds is 3. The molecule has 2 rings (SSSR count). The Balaban J connectivity index is 2.45. The van der Waals surface area contributed by atoms with Gasteiger partial charge >= 0.3 is 0 Å². The van der Waals surface area contributed by atoms with Gasteiger partial charge in [-0.1, -0.05) is 40.3 Å². The number of hydrogen-bond donors (Lipinski definition) is 1. The molecule has 0 unspecified atom stereocenters. The average molecular weight is 336 g/mol. The van der Waals surface area contributed by atoms with E-state index in [0.717, 1.165) is 21.3 Å². The van der Waals surface area contributed by atoms with Crippen LogP contribution in [0.1, 0.15) is 16.7 Å². The van der Waals surface area contributed by atoms with E-state index in [-0.39, 0.29) is 0 Å². The Bertz CT molecular complexity index is 640. The summed E-state index contributed by atoms with van der Waals surface area (Å²) in [6, 6.07) is 11.6. The van der Waals surface area contributed by atoms with E-state index < -0.39 is 0 Å². The van der Waals surface area contributed by atoms with Crippen LogP contribution in [0.15, 0.2) is 40.9 Å². The third-order valence-electron chi connectivity index (χ3n) is 2.98. The predicted molar refractivity (Wildman–Crippen MR) is 86.0 cm³/mol. The average Bonchev–Trinajstić information content (AvgIpc) is 2.35. The molecule has 0 saturated carbocycles. The summed E-state index contributed by atoms with van der Waals surface area (Å²) in [7, 11) is 0. The van der Waals surface area contributed by atoms with Crippen molar-refractivity contribution in [2.75, 3.05) is 0 Å². The van der Waals surface area contributed by atoms with Crippen molar-refractivity contribution in [2.45, 2.75) is 13.8 Å². The lowest BCUT2D eigenvalue weighted by Gasteiger charge is -2.13. The Kier molecular flexibility index (Phi) is 4.22. The van der Waals surface area contributed by atoms with E-state index in [4.69, 9.17) is 22.7 Å². The first kappa shape index (κ1) is 14.0. The minimum Gasteiger partial charge on any atom is -0.456 e. The Hall–Kier alpha value is -1.39. The zero-order chi connectivity index (χ0) is 14.0. The second-order valence-electron chi connectivity index (χ2n) is 4.30. The van der Waals surface area contributed by atoms with Crippen LogP contribution in [-0.4, -0.2) is 4.99 Å². The molecule has 2 N–H and O–H groups in total. The van der Waals surface area contributed by atoms with Gasteiger partial charge in [0.25, 0.3) is 0 Å². The van der Waals surface area contributed by atoms with E-state index in [0.29, 0.717) is 10.7 Å². The van der Waals surface area contributed by atoms with E-state index in [1.54, 1.807) is 0 Å². The number of aryl methyl sites for hydroxylation is 1. The summed E-state index contributed by atoms with van der Waals surface area (Å²) < 4.78 is 6.89. The van der Waals surface area contributed by atoms with Gasteiger partial charge in [-0.25, -0.2) is 0 Å². The van der Waals surface area contributed by atoms with Crippen LogP contribution in [-0.2, 0) is 0 Å². The molecule has 0 saturated heterocycles. The molecule has 19 heavy (non-hydrogen) atoms. The molecule has 0 bridgehead atoms. The van der Waals surface area contributed by atoms with Crippen LogP contribution >= 0.6 is 28.1 Å². The molecule has 0 atom stereocenters. The normalized spacial score (nSPS) is 10.3. The third-order valence-corrected chi connectivity index (χ3v) is 3.70. The number of hydrogen-bond acceptors (Lipinski definition) is 2. The smallest absolute Gasteiger partial charge is 0.138 e. The summed E-state index contributed by atoms with van der Waals surface area (Å²) in [6.45, 7) is 4.08. The van der Waals surface area contributed by atoms with E-state index in [1.807, 2.05) is 37.3 Å². The van der Waals surface area contributed by atoms with Gasteiger partial charge in [0.05, 0.1) is 5.56 Å². The maximum atomic E-state index is 5.97. The van der Waals surface area contributed by atoms with Crippen LogP contribution in [0.2, 0.25) is 0 Å². The highest BCUT2D eigenvalue weighted by atomic mass is 79.9. The van der Waals surface area contributed by atoms with E-state index in [9.17, 15) is 0 Å². The highest BCUT2D eigenvalue weighted by Crippen LogP contribution is 2.31. The minimum absolute atomic E-state index is 0.327. The summed E-state index contributed by atoms with van der Waals surface area (Å²) in [5.41, 5.74) is 8.75. The van der Waals surface area contributed by atoms with Crippen molar-refractivity contribution in [1.82, 2.24) is 0 Å². The zero-order valence-electron chi connectivity index (χ0n) is 10.7. The summed E-state index contributed by atoms with van der Waals surface area (Å²) >= 11 is 8.48. The second kappa shape index (κ2) is 5.72. The molecule has 0 fully saturated rings. The number of thiocarbonyl (C=S) groups is 1. The highest BCUT2D eigenvalue weighted by molar-refractivity contribution is 9.10. The summed E-state index contributed by atoms with van der Waals surface area (Å²) in [5.74, 6) is 1.48. The zero-order valence-corrected chi connectivity index (χ0v) is 13.1. The van der Waals surface area contributed by atoms with Crippen LogP contribution in [0, 0.1) is 13.8 Å². The fourth-order valence-electron chi connectivity index (χ4n) is 1.74. The lowest BCUT2D eigenvalue weighted by molar-refractivity contribution is 0.477. The summed E-state index contributed by atoms with van der Waals surface area (Å²) in [4.78, 5) is 0.327. The van der Waals surface area contributed by atoms with Gasteiger partial charge in [0.15, 0.2) is 0 Å². The minimum atomic E-state index is 0.327. The van der Waals surface area contributed by atoms with Gasteiger partial charge in [0, 0.05) is 4.47 Å². The van der Waals surface area contributed by atoms with Gasteiger partial charge < -0.3 is 10.5 Å². The van der Waals surface area contributed by atoms with Crippen molar-refractivity contribution in [2.24, 2.45) is 5.73 Å². The first-order valence-electron chi connectivity index (χ1n) is 5.82. The number of nitrogens with two attached hydrogens (primary N) is 1. The van der Waals surface area contributed by atoms with Crippen molar-refractivity contribution in [3.05, 3.63) is 57.6 Å². The molecular formula is C15H14BrNOS. The summed E-state index contributed by atoms with van der Waals surface area (Å²) in [6.07, 6.45) is 0. The molecule has 0 radical (unpaired) electrons. The quantitative estimate of drug-likeness (QED) is 0.839. The van der Waals surface area contributed by atoms with E-state index in [2.05, 4.69) is 28.9 Å². The Morgan fingerprint density at radius 1 is 1.16 bits per heavy atom. The first-order chi connectivity index (χ1) is 8.99. The Morgan fingerprint density at radius 3 is 2.58 bits per heavy atom. The molecule has 0 amide bonds. The maximum absolute atomic E-state index is 5.97. The van der Waals surface area contributed by atoms with Gasteiger partial charge in [0.2, 0.25) is 0 Å². The fourth-order valence-corrected chi connectivity index (χ4v) is 2.25. The standard InChI is InChI=1S/C15H14BrNOS/c1-9-4-3-5-13(10(9)2)18-14-8-11(16)6-7-12(14)15(17)19/h3-8H,1-2H3,(H2,17,19). The molecule has 98 valence electrons. The number of benzene rings is 2. The predicted octanol–water partition coefficient (Wildman–Crippen LogP) is 4.49. The number of halogens is 1. The van der Waals surface area contributed by atoms with Crippen molar-refractivity contribution < 1.29 is 4.74 Å². The molecule has 2 nitrogen and oxygen atoms in total. The molecule has 0 spiro atoms. The summed E-state index contributed by atoms with van der Waals surface area (Å²) in [5, 5.41) is 0. The molecule has 2 aromatic carbocycles. The van der Waals surface area contributed by atoms with Gasteiger partial charge in [-0.15, -0.1) is 0 Å². The molecule has 0 aliphatic heterocycles. The molecule has 0 aromatic heterocycles. The molecule has 2 aromatic rings. The van der Waals surface area contributed by atoms with E-state index in [1.165, 1.54) is 5.56 Å². The lowest BCUT2D eigenvalue weighted by atomic mass is 10.1. The van der Waals surface area contributed by atoms with Crippen LogP contribution in [0.4, 0.5) is 0 Å².